The van der Waals surface area contributed by atoms with E-state index >= 15 is 0 Å². The van der Waals surface area contributed by atoms with E-state index in [0.717, 1.165) is 6.42 Å². The fourth-order valence-corrected chi connectivity index (χ4v) is 3.18. The zero-order valence-electron chi connectivity index (χ0n) is 14.8. The van der Waals surface area contributed by atoms with Crippen LogP contribution in [0.15, 0.2) is 42.5 Å². The number of nitrogens with zero attached hydrogens (tertiary/aromatic N) is 1. The third-order valence-corrected chi connectivity index (χ3v) is 4.50. The molecule has 0 N–H and O–H groups in total. The van der Waals surface area contributed by atoms with Crippen LogP contribution in [0, 0.1) is 0 Å². The molecule has 132 valence electrons. The molecule has 0 saturated heterocycles. The van der Waals surface area contributed by atoms with E-state index in [4.69, 9.17) is 14.2 Å². The quantitative estimate of drug-likeness (QED) is 0.839. The molecule has 0 unspecified atom stereocenters. The predicted octanol–water partition coefficient (Wildman–Crippen LogP) is 2.92. The van der Waals surface area contributed by atoms with Gasteiger partial charge in [0.2, 0.25) is 0 Å². The molecule has 5 nitrogen and oxygen atoms in total. The first-order chi connectivity index (χ1) is 12.1. The highest BCUT2D eigenvalue weighted by atomic mass is 16.5. The molecule has 0 radical (unpaired) electrons. The molecular weight excluding hydrogens is 318 g/mol. The lowest BCUT2D eigenvalue weighted by molar-refractivity contribution is 0.00977. The van der Waals surface area contributed by atoms with Gasteiger partial charge in [0.15, 0.2) is 11.5 Å². The topological polar surface area (TPSA) is 48.0 Å². The molecule has 1 aliphatic rings. The number of carbonyl (C=O) groups excluding carboxylic acids is 1. The third kappa shape index (κ3) is 3.61. The number of likely N-dealkylation sites (N-methyl/N-ethyl adjacent to an activating group) is 1. The zero-order valence-corrected chi connectivity index (χ0v) is 14.8. The van der Waals surface area contributed by atoms with E-state index in [0.29, 0.717) is 30.2 Å². The molecule has 0 spiro atoms. The van der Waals surface area contributed by atoms with Gasteiger partial charge in [0.05, 0.1) is 32.5 Å². The summed E-state index contributed by atoms with van der Waals surface area (Å²) in [4.78, 5) is 14.5. The van der Waals surface area contributed by atoms with Crippen LogP contribution < -0.4 is 9.47 Å². The largest absolute Gasteiger partial charge is 0.493 e. The SMILES string of the molecule is COc1cccc(C(=O)N(C)C[C@@H]2Cc3ccccc3CO2)c1OC. The van der Waals surface area contributed by atoms with Gasteiger partial charge in [0, 0.05) is 20.0 Å². The van der Waals surface area contributed by atoms with Crippen LogP contribution in [-0.4, -0.2) is 44.7 Å². The Hall–Kier alpha value is -2.53. The van der Waals surface area contributed by atoms with Gasteiger partial charge in [-0.15, -0.1) is 0 Å². The van der Waals surface area contributed by atoms with E-state index < -0.39 is 0 Å². The van der Waals surface area contributed by atoms with Gasteiger partial charge in [-0.05, 0) is 23.3 Å². The van der Waals surface area contributed by atoms with Crippen molar-refractivity contribution in [2.75, 3.05) is 27.8 Å². The van der Waals surface area contributed by atoms with Gasteiger partial charge in [-0.1, -0.05) is 30.3 Å². The van der Waals surface area contributed by atoms with Crippen LogP contribution in [0.5, 0.6) is 11.5 Å². The molecular formula is C20H23NO4. The molecule has 1 atom stereocenters. The summed E-state index contributed by atoms with van der Waals surface area (Å²) >= 11 is 0. The number of hydrogen-bond acceptors (Lipinski definition) is 4. The summed E-state index contributed by atoms with van der Waals surface area (Å²) < 4.78 is 16.6. The standard InChI is InChI=1S/C20H23NO4/c1-21(12-16-11-14-7-4-5-8-15(14)13-25-16)20(22)17-9-6-10-18(23-2)19(17)24-3/h4-10,16H,11-13H2,1-3H3/t16-/m0/s1. The minimum Gasteiger partial charge on any atom is -0.493 e. The first-order valence-corrected chi connectivity index (χ1v) is 8.29. The van der Waals surface area contributed by atoms with E-state index in [-0.39, 0.29) is 12.0 Å². The molecule has 5 heteroatoms. The number of rotatable bonds is 5. The van der Waals surface area contributed by atoms with Crippen molar-refractivity contribution in [2.24, 2.45) is 0 Å². The second-order valence-electron chi connectivity index (χ2n) is 6.13. The van der Waals surface area contributed by atoms with Gasteiger partial charge < -0.3 is 19.1 Å². The summed E-state index contributed by atoms with van der Waals surface area (Å²) in [5, 5.41) is 0. The highest BCUT2D eigenvalue weighted by molar-refractivity contribution is 5.97. The van der Waals surface area contributed by atoms with Crippen LogP contribution in [0.25, 0.3) is 0 Å². The number of fused-ring (bicyclic) bond motifs is 1. The maximum absolute atomic E-state index is 12.8. The summed E-state index contributed by atoms with van der Waals surface area (Å²) in [7, 11) is 4.88. The van der Waals surface area contributed by atoms with E-state index in [1.54, 1.807) is 37.3 Å². The summed E-state index contributed by atoms with van der Waals surface area (Å²) in [5.74, 6) is 0.888. The molecule has 1 amide bonds. The van der Waals surface area contributed by atoms with Crippen LogP contribution in [0.1, 0.15) is 21.5 Å². The van der Waals surface area contributed by atoms with Gasteiger partial charge in [-0.25, -0.2) is 0 Å². The van der Waals surface area contributed by atoms with E-state index in [2.05, 4.69) is 12.1 Å². The average molecular weight is 341 g/mol. The van der Waals surface area contributed by atoms with Crippen LogP contribution >= 0.6 is 0 Å². The van der Waals surface area contributed by atoms with Crippen LogP contribution in [0.2, 0.25) is 0 Å². The minimum atomic E-state index is -0.113. The van der Waals surface area contributed by atoms with Gasteiger partial charge in [0.1, 0.15) is 0 Å². The molecule has 0 fully saturated rings. The number of hydrogen-bond donors (Lipinski definition) is 0. The fourth-order valence-electron chi connectivity index (χ4n) is 3.18. The van der Waals surface area contributed by atoms with E-state index in [1.807, 2.05) is 12.1 Å². The number of benzene rings is 2. The van der Waals surface area contributed by atoms with E-state index in [9.17, 15) is 4.79 Å². The Morgan fingerprint density at radius 1 is 1.12 bits per heavy atom. The van der Waals surface area contributed by atoms with Crippen molar-refractivity contribution in [3.63, 3.8) is 0 Å². The molecule has 3 rings (SSSR count). The molecule has 0 bridgehead atoms. The number of carbonyl (C=O) groups is 1. The van der Waals surface area contributed by atoms with Crippen molar-refractivity contribution >= 4 is 5.91 Å². The second-order valence-corrected chi connectivity index (χ2v) is 6.13. The van der Waals surface area contributed by atoms with Crippen molar-refractivity contribution in [1.82, 2.24) is 4.90 Å². The molecule has 0 saturated carbocycles. The minimum absolute atomic E-state index is 0.0135. The molecule has 0 aliphatic carbocycles. The lowest BCUT2D eigenvalue weighted by Crippen LogP contribution is -2.38. The lowest BCUT2D eigenvalue weighted by Gasteiger charge is -2.29. The first-order valence-electron chi connectivity index (χ1n) is 8.29. The van der Waals surface area contributed by atoms with Gasteiger partial charge in [-0.2, -0.15) is 0 Å². The van der Waals surface area contributed by atoms with Gasteiger partial charge >= 0.3 is 0 Å². The van der Waals surface area contributed by atoms with Crippen LogP contribution in [-0.2, 0) is 17.8 Å². The Labute approximate surface area is 148 Å². The Kier molecular flexibility index (Phi) is 5.24. The Balaban J connectivity index is 1.72. The Morgan fingerprint density at radius 3 is 2.60 bits per heavy atom. The highest BCUT2D eigenvalue weighted by Gasteiger charge is 2.25. The smallest absolute Gasteiger partial charge is 0.257 e. The Morgan fingerprint density at radius 2 is 1.88 bits per heavy atom. The lowest BCUT2D eigenvalue weighted by atomic mass is 9.99. The van der Waals surface area contributed by atoms with Crippen molar-refractivity contribution in [1.29, 1.82) is 0 Å². The predicted molar refractivity (Wildman–Crippen MR) is 95.2 cm³/mol. The number of amides is 1. The number of para-hydroxylation sites is 1. The number of ether oxygens (including phenoxy) is 3. The maximum atomic E-state index is 12.8. The average Bonchev–Trinajstić information content (AvgIpc) is 2.66. The molecule has 1 aliphatic heterocycles. The third-order valence-electron chi connectivity index (χ3n) is 4.50. The van der Waals surface area contributed by atoms with Gasteiger partial charge in [0.25, 0.3) is 5.91 Å². The molecule has 2 aromatic rings. The second kappa shape index (κ2) is 7.57. The summed E-state index contributed by atoms with van der Waals surface area (Å²) in [6.45, 7) is 1.11. The van der Waals surface area contributed by atoms with Crippen molar-refractivity contribution < 1.29 is 19.0 Å². The highest BCUT2D eigenvalue weighted by Crippen LogP contribution is 2.31. The van der Waals surface area contributed by atoms with Crippen LogP contribution in [0.3, 0.4) is 0 Å². The molecule has 1 heterocycles. The van der Waals surface area contributed by atoms with Crippen molar-refractivity contribution in [3.05, 3.63) is 59.2 Å². The normalized spacial score (nSPS) is 16.0. The fraction of sp³-hybridized carbons (Fsp3) is 0.350. The maximum Gasteiger partial charge on any atom is 0.257 e. The van der Waals surface area contributed by atoms with Crippen LogP contribution in [0.4, 0.5) is 0 Å². The van der Waals surface area contributed by atoms with Gasteiger partial charge in [-0.3, -0.25) is 4.79 Å². The van der Waals surface area contributed by atoms with Crippen molar-refractivity contribution in [2.45, 2.75) is 19.1 Å². The summed E-state index contributed by atoms with van der Waals surface area (Å²) in [6, 6.07) is 13.6. The zero-order chi connectivity index (χ0) is 17.8. The van der Waals surface area contributed by atoms with Crippen molar-refractivity contribution in [3.8, 4) is 11.5 Å². The van der Waals surface area contributed by atoms with E-state index in [1.165, 1.54) is 18.2 Å². The number of methoxy groups -OCH3 is 2. The Bertz CT molecular complexity index is 759. The molecule has 25 heavy (non-hydrogen) atoms. The molecule has 2 aromatic carbocycles. The molecule has 0 aromatic heterocycles. The summed E-state index contributed by atoms with van der Waals surface area (Å²) in [5.41, 5.74) is 3.00. The first kappa shape index (κ1) is 17.3. The monoisotopic (exact) mass is 341 g/mol. The summed E-state index contributed by atoms with van der Waals surface area (Å²) in [6.07, 6.45) is 0.795.